The van der Waals surface area contributed by atoms with E-state index in [4.69, 9.17) is 0 Å². The fourth-order valence-corrected chi connectivity index (χ4v) is 7.29. The standard InChI is InChI=1S/C23H26FNO5/c24-17-3-1-14(2-4-17)23(15-6-12-5-13(8-15)9-16(23)7-12)11-20(26)25-18(21(27)28)10-19(25)22(29)30/h1-4,12-13,15-16,18-19H,5-11H2,(H,27,28)(H,29,30)/t12?,13?,15?,16?,18-,19-,23?/m0/s1. The Bertz CT molecular complexity index is 849. The number of rotatable bonds is 5. The second-order valence-corrected chi connectivity index (χ2v) is 9.77. The summed E-state index contributed by atoms with van der Waals surface area (Å²) in [5.74, 6) is -1.16. The molecule has 1 aliphatic heterocycles. The molecule has 5 fully saturated rings. The van der Waals surface area contributed by atoms with Crippen LogP contribution in [0.3, 0.4) is 0 Å². The normalized spacial score (nSPS) is 38.9. The van der Waals surface area contributed by atoms with Crippen LogP contribution in [0.2, 0.25) is 0 Å². The molecule has 1 saturated heterocycles. The summed E-state index contributed by atoms with van der Waals surface area (Å²) in [6, 6.07) is 4.22. The molecule has 6 nitrogen and oxygen atoms in total. The second-order valence-electron chi connectivity index (χ2n) is 9.77. The SMILES string of the molecule is O=C(O)[C@@H]1C[C@@H](C(=O)O)N1C(=O)CC1(c2ccc(F)cc2)C2CC3CC(C2)CC1C3. The van der Waals surface area contributed by atoms with Crippen LogP contribution in [0.25, 0.3) is 0 Å². The van der Waals surface area contributed by atoms with Crippen LogP contribution in [0.5, 0.6) is 0 Å². The molecule has 4 bridgehead atoms. The minimum atomic E-state index is -1.17. The van der Waals surface area contributed by atoms with E-state index in [1.165, 1.54) is 18.6 Å². The van der Waals surface area contributed by atoms with E-state index in [9.17, 15) is 29.0 Å². The number of likely N-dealkylation sites (tertiary alicyclic amines) is 1. The van der Waals surface area contributed by atoms with E-state index in [1.54, 1.807) is 12.1 Å². The van der Waals surface area contributed by atoms with Gasteiger partial charge in [0.15, 0.2) is 0 Å². The van der Waals surface area contributed by atoms with Gasteiger partial charge in [0.2, 0.25) is 5.91 Å². The largest absolute Gasteiger partial charge is 0.480 e. The Labute approximate surface area is 174 Å². The number of hydrogen-bond acceptors (Lipinski definition) is 3. The van der Waals surface area contributed by atoms with Crippen LogP contribution in [0.15, 0.2) is 24.3 Å². The highest BCUT2D eigenvalue weighted by Crippen LogP contribution is 2.64. The molecule has 2 atom stereocenters. The van der Waals surface area contributed by atoms with Crippen molar-refractivity contribution in [3.63, 3.8) is 0 Å². The smallest absolute Gasteiger partial charge is 0.326 e. The van der Waals surface area contributed by atoms with Crippen molar-refractivity contribution in [1.29, 1.82) is 0 Å². The summed E-state index contributed by atoms with van der Waals surface area (Å²) >= 11 is 0. The Balaban J connectivity index is 1.52. The number of carbonyl (C=O) groups is 3. The van der Waals surface area contributed by atoms with Gasteiger partial charge >= 0.3 is 11.9 Å². The zero-order valence-corrected chi connectivity index (χ0v) is 16.7. The molecule has 0 aromatic heterocycles. The fourth-order valence-electron chi connectivity index (χ4n) is 7.29. The van der Waals surface area contributed by atoms with Gasteiger partial charge in [0.1, 0.15) is 17.9 Å². The highest BCUT2D eigenvalue weighted by atomic mass is 19.1. The summed E-state index contributed by atoms with van der Waals surface area (Å²) in [7, 11) is 0. The highest BCUT2D eigenvalue weighted by molar-refractivity contribution is 5.92. The molecule has 5 aliphatic rings. The van der Waals surface area contributed by atoms with Crippen molar-refractivity contribution in [2.45, 2.75) is 62.4 Å². The van der Waals surface area contributed by atoms with E-state index >= 15 is 0 Å². The number of hydrogen-bond donors (Lipinski definition) is 2. The van der Waals surface area contributed by atoms with Gasteiger partial charge in [0, 0.05) is 18.3 Å². The molecule has 0 unspecified atom stereocenters. The number of carboxylic acids is 2. The van der Waals surface area contributed by atoms with E-state index in [-0.39, 0.29) is 30.5 Å². The van der Waals surface area contributed by atoms with E-state index in [0.29, 0.717) is 11.8 Å². The average Bonchev–Trinajstić information content (AvgIpc) is 2.63. The molecule has 30 heavy (non-hydrogen) atoms. The molecule has 6 rings (SSSR count). The monoisotopic (exact) mass is 415 g/mol. The van der Waals surface area contributed by atoms with Gasteiger partial charge in [-0.15, -0.1) is 0 Å². The van der Waals surface area contributed by atoms with E-state index in [0.717, 1.165) is 36.1 Å². The number of nitrogens with zero attached hydrogens (tertiary/aromatic N) is 1. The van der Waals surface area contributed by atoms with Crippen molar-refractivity contribution in [2.75, 3.05) is 0 Å². The lowest BCUT2D eigenvalue weighted by molar-refractivity contribution is -0.174. The third-order valence-electron chi connectivity index (χ3n) is 8.40. The summed E-state index contributed by atoms with van der Waals surface area (Å²) in [4.78, 5) is 37.6. The van der Waals surface area contributed by atoms with Crippen molar-refractivity contribution in [1.82, 2.24) is 4.90 Å². The van der Waals surface area contributed by atoms with E-state index in [1.807, 2.05) is 0 Å². The van der Waals surface area contributed by atoms with Crippen molar-refractivity contribution in [3.8, 4) is 0 Å². The van der Waals surface area contributed by atoms with Crippen molar-refractivity contribution >= 4 is 17.8 Å². The predicted molar refractivity (Wildman–Crippen MR) is 104 cm³/mol. The molecule has 1 heterocycles. The van der Waals surface area contributed by atoms with Gasteiger partial charge in [-0.1, -0.05) is 12.1 Å². The summed E-state index contributed by atoms with van der Waals surface area (Å²) < 4.78 is 13.7. The predicted octanol–water partition coefficient (Wildman–Crippen LogP) is 3.05. The van der Waals surface area contributed by atoms with Crippen LogP contribution < -0.4 is 0 Å². The van der Waals surface area contributed by atoms with Crippen molar-refractivity contribution in [3.05, 3.63) is 35.6 Å². The molecule has 1 aromatic rings. The molecule has 0 radical (unpaired) electrons. The van der Waals surface area contributed by atoms with Gasteiger partial charge in [-0.3, -0.25) is 4.79 Å². The summed E-state index contributed by atoms with van der Waals surface area (Å²) in [5.41, 5.74) is 0.463. The number of halogens is 1. The summed E-state index contributed by atoms with van der Waals surface area (Å²) in [5, 5.41) is 18.9. The van der Waals surface area contributed by atoms with Gasteiger partial charge in [-0.25, -0.2) is 14.0 Å². The molecule has 4 saturated carbocycles. The number of benzene rings is 1. The van der Waals surface area contributed by atoms with Crippen LogP contribution in [-0.4, -0.2) is 45.0 Å². The molecular weight excluding hydrogens is 389 g/mol. The Kier molecular flexibility index (Phi) is 4.42. The second kappa shape index (κ2) is 6.79. The van der Waals surface area contributed by atoms with Gasteiger partial charge in [-0.2, -0.15) is 0 Å². The lowest BCUT2D eigenvalue weighted by atomic mass is 9.43. The third kappa shape index (κ3) is 2.77. The fraction of sp³-hybridized carbons (Fsp3) is 0.609. The lowest BCUT2D eigenvalue weighted by Crippen LogP contribution is -2.66. The number of amides is 1. The van der Waals surface area contributed by atoms with Crippen LogP contribution in [-0.2, 0) is 19.8 Å². The number of carboxylic acid groups (broad SMARTS) is 2. The quantitative estimate of drug-likeness (QED) is 0.771. The van der Waals surface area contributed by atoms with Gasteiger partial charge in [0.25, 0.3) is 0 Å². The maximum atomic E-state index is 13.7. The van der Waals surface area contributed by atoms with Gasteiger partial charge in [-0.05, 0) is 73.5 Å². The Morgan fingerprint density at radius 2 is 1.37 bits per heavy atom. The molecule has 0 spiro atoms. The Morgan fingerprint density at radius 1 is 0.867 bits per heavy atom. The van der Waals surface area contributed by atoms with Gasteiger partial charge < -0.3 is 15.1 Å². The van der Waals surface area contributed by atoms with E-state index in [2.05, 4.69) is 0 Å². The maximum Gasteiger partial charge on any atom is 0.326 e. The zero-order chi connectivity index (χ0) is 21.2. The van der Waals surface area contributed by atoms with Crippen molar-refractivity contribution < 1.29 is 29.0 Å². The summed E-state index contributed by atoms with van der Waals surface area (Å²) in [6.45, 7) is 0. The minimum absolute atomic E-state index is 0.0586. The molecular formula is C23H26FNO5. The van der Waals surface area contributed by atoms with Crippen LogP contribution >= 0.6 is 0 Å². The first-order valence-electron chi connectivity index (χ1n) is 10.8. The molecule has 2 N–H and O–H groups in total. The van der Waals surface area contributed by atoms with Crippen LogP contribution in [0, 0.1) is 29.5 Å². The van der Waals surface area contributed by atoms with Crippen LogP contribution in [0.1, 0.15) is 50.5 Å². The Hall–Kier alpha value is -2.44. The molecule has 1 amide bonds. The highest BCUT2D eigenvalue weighted by Gasteiger charge is 2.60. The summed E-state index contributed by atoms with van der Waals surface area (Å²) in [6.07, 6.45) is 5.40. The van der Waals surface area contributed by atoms with E-state index < -0.39 is 35.3 Å². The third-order valence-corrected chi connectivity index (χ3v) is 8.40. The van der Waals surface area contributed by atoms with Crippen molar-refractivity contribution in [2.24, 2.45) is 23.7 Å². The minimum Gasteiger partial charge on any atom is -0.480 e. The van der Waals surface area contributed by atoms with Crippen LogP contribution in [0.4, 0.5) is 4.39 Å². The zero-order valence-electron chi connectivity index (χ0n) is 16.7. The first-order chi connectivity index (χ1) is 14.3. The molecule has 7 heteroatoms. The average molecular weight is 415 g/mol. The molecule has 160 valence electrons. The molecule has 4 aliphatic carbocycles. The topological polar surface area (TPSA) is 94.9 Å². The number of carbonyl (C=O) groups excluding carboxylic acids is 1. The lowest BCUT2D eigenvalue weighted by Gasteiger charge is -2.62. The van der Waals surface area contributed by atoms with Gasteiger partial charge in [0.05, 0.1) is 0 Å². The maximum absolute atomic E-state index is 13.7. The Morgan fingerprint density at radius 3 is 1.83 bits per heavy atom. The first-order valence-corrected chi connectivity index (χ1v) is 10.8. The number of aliphatic carboxylic acids is 2. The molecule has 1 aromatic carbocycles. The first kappa shape index (κ1) is 19.5.